The van der Waals surface area contributed by atoms with Crippen LogP contribution in [0.25, 0.3) is 10.4 Å². The maximum absolute atomic E-state index is 6.15. The first-order chi connectivity index (χ1) is 10.8. The molecule has 0 atom stereocenters. The molecule has 0 saturated heterocycles. The Kier molecular flexibility index (Phi) is 3.53. The Balaban J connectivity index is 1.70. The second-order valence-electron chi connectivity index (χ2n) is 5.21. The smallest absolute Gasteiger partial charge is 0.209 e. The van der Waals surface area contributed by atoms with Crippen LogP contribution >= 0.6 is 22.9 Å². The number of benzene rings is 2. The number of aryl methyl sites for hydroxylation is 2. The molecule has 0 amide bonds. The fraction of sp³-hybridized carbons (Fsp3) is 0.111. The highest BCUT2D eigenvalue weighted by Gasteiger charge is 2.19. The fourth-order valence-corrected chi connectivity index (χ4v) is 3.89. The number of hydrogen-bond acceptors (Lipinski definition) is 3. The van der Waals surface area contributed by atoms with Gasteiger partial charge in [0, 0.05) is 16.8 Å². The molecule has 1 heterocycles. The Labute approximate surface area is 138 Å². The zero-order chi connectivity index (χ0) is 14.9. The van der Waals surface area contributed by atoms with Crippen LogP contribution in [0.2, 0.25) is 5.02 Å². The molecule has 0 radical (unpaired) electrons. The molecule has 1 aromatic heterocycles. The first-order valence-electron chi connectivity index (χ1n) is 7.18. The van der Waals surface area contributed by atoms with Gasteiger partial charge in [0.2, 0.25) is 5.13 Å². The Morgan fingerprint density at radius 3 is 2.77 bits per heavy atom. The number of nitrogens with zero attached hydrogens (tertiary/aromatic N) is 2. The van der Waals surface area contributed by atoms with Crippen molar-refractivity contribution in [3.05, 3.63) is 70.4 Å². The topological polar surface area (TPSA) is 25.2 Å². The van der Waals surface area contributed by atoms with Gasteiger partial charge in [-0.1, -0.05) is 65.4 Å². The van der Waals surface area contributed by atoms with Crippen LogP contribution in [0.1, 0.15) is 16.8 Å². The lowest BCUT2D eigenvalue weighted by atomic mass is 9.94. The molecule has 1 aliphatic carbocycles. The van der Waals surface area contributed by atoms with Gasteiger partial charge in [-0.3, -0.25) is 0 Å². The number of hydrogen-bond donors (Lipinski definition) is 0. The summed E-state index contributed by atoms with van der Waals surface area (Å²) in [6, 6.07) is 16.2. The average molecular weight is 325 g/mol. The van der Waals surface area contributed by atoms with E-state index in [-0.39, 0.29) is 0 Å². The number of fused-ring (bicyclic) bond motifs is 3. The Hall–Kier alpha value is -1.97. The normalized spacial score (nSPS) is 13.1. The van der Waals surface area contributed by atoms with Crippen LogP contribution < -0.4 is 0 Å². The van der Waals surface area contributed by atoms with Crippen molar-refractivity contribution in [2.24, 2.45) is 4.99 Å². The van der Waals surface area contributed by atoms with Gasteiger partial charge in [-0.25, -0.2) is 9.98 Å². The van der Waals surface area contributed by atoms with Crippen LogP contribution in [0.4, 0.5) is 5.13 Å². The second-order valence-corrected chi connectivity index (χ2v) is 6.59. The van der Waals surface area contributed by atoms with Crippen LogP contribution in [0.3, 0.4) is 0 Å². The molecule has 0 N–H and O–H groups in total. The standard InChI is InChI=1S/C18H13ClN2S/c19-15-8-4-2-6-13(15)11-20-18-21-16-10-9-12-5-1-3-7-14(12)17(16)22-18/h1-8,11H,9-10H2. The molecule has 0 fully saturated rings. The molecule has 1 aliphatic rings. The maximum Gasteiger partial charge on any atom is 0.209 e. The predicted octanol–water partition coefficient (Wildman–Crippen LogP) is 5.31. The number of halogens is 1. The first-order valence-corrected chi connectivity index (χ1v) is 8.37. The van der Waals surface area contributed by atoms with E-state index in [1.165, 1.54) is 16.0 Å². The summed E-state index contributed by atoms with van der Waals surface area (Å²) in [5.41, 5.74) is 4.79. The van der Waals surface area contributed by atoms with Gasteiger partial charge in [-0.2, -0.15) is 0 Å². The van der Waals surface area contributed by atoms with E-state index in [4.69, 9.17) is 11.6 Å². The van der Waals surface area contributed by atoms with Crippen molar-refractivity contribution in [2.45, 2.75) is 12.8 Å². The summed E-state index contributed by atoms with van der Waals surface area (Å²) < 4.78 is 0. The zero-order valence-corrected chi connectivity index (χ0v) is 13.4. The van der Waals surface area contributed by atoms with Gasteiger partial charge in [0.1, 0.15) is 0 Å². The van der Waals surface area contributed by atoms with Gasteiger partial charge in [-0.05, 0) is 30.0 Å². The molecule has 4 rings (SSSR count). The van der Waals surface area contributed by atoms with E-state index < -0.39 is 0 Å². The maximum atomic E-state index is 6.15. The number of aromatic nitrogens is 1. The monoisotopic (exact) mass is 324 g/mol. The van der Waals surface area contributed by atoms with Crippen molar-refractivity contribution >= 4 is 34.3 Å². The Morgan fingerprint density at radius 2 is 1.86 bits per heavy atom. The van der Waals surface area contributed by atoms with E-state index in [9.17, 15) is 0 Å². The molecular formula is C18H13ClN2S. The molecule has 3 aromatic rings. The van der Waals surface area contributed by atoms with Crippen molar-refractivity contribution in [3.8, 4) is 10.4 Å². The van der Waals surface area contributed by atoms with Gasteiger partial charge in [0.15, 0.2) is 0 Å². The summed E-state index contributed by atoms with van der Waals surface area (Å²) in [7, 11) is 0. The van der Waals surface area contributed by atoms with Gasteiger partial charge in [0.25, 0.3) is 0 Å². The summed E-state index contributed by atoms with van der Waals surface area (Å²) >= 11 is 7.80. The molecule has 4 heteroatoms. The molecule has 0 aliphatic heterocycles. The third-order valence-corrected chi connectivity index (χ3v) is 5.18. The zero-order valence-electron chi connectivity index (χ0n) is 11.8. The number of rotatable bonds is 2. The summed E-state index contributed by atoms with van der Waals surface area (Å²) in [5, 5.41) is 1.50. The van der Waals surface area contributed by atoms with Crippen molar-refractivity contribution < 1.29 is 0 Å². The SMILES string of the molecule is Clc1ccccc1C=Nc1nc2c(s1)-c1ccccc1CC2. The molecule has 0 spiro atoms. The van der Waals surface area contributed by atoms with Crippen molar-refractivity contribution in [1.82, 2.24) is 4.98 Å². The molecule has 0 saturated carbocycles. The lowest BCUT2D eigenvalue weighted by molar-refractivity contribution is 0.910. The average Bonchev–Trinajstić information content (AvgIpc) is 2.98. The van der Waals surface area contributed by atoms with Gasteiger partial charge >= 0.3 is 0 Å². The summed E-state index contributed by atoms with van der Waals surface area (Å²) in [4.78, 5) is 10.4. The number of thiazole rings is 1. The first kappa shape index (κ1) is 13.7. The van der Waals surface area contributed by atoms with Gasteiger partial charge < -0.3 is 0 Å². The van der Waals surface area contributed by atoms with Crippen LogP contribution in [-0.2, 0) is 12.8 Å². The minimum Gasteiger partial charge on any atom is -0.227 e. The summed E-state index contributed by atoms with van der Waals surface area (Å²) in [5.74, 6) is 0. The lowest BCUT2D eigenvalue weighted by Gasteiger charge is -2.13. The summed E-state index contributed by atoms with van der Waals surface area (Å²) in [6.07, 6.45) is 3.84. The highest BCUT2D eigenvalue weighted by Crippen LogP contribution is 2.40. The van der Waals surface area contributed by atoms with Crippen LogP contribution in [-0.4, -0.2) is 11.2 Å². The quantitative estimate of drug-likeness (QED) is 0.586. The van der Waals surface area contributed by atoms with Crippen LogP contribution in [0, 0.1) is 0 Å². The molecule has 0 bridgehead atoms. The van der Waals surface area contributed by atoms with Crippen LogP contribution in [0.5, 0.6) is 0 Å². The molecule has 22 heavy (non-hydrogen) atoms. The van der Waals surface area contributed by atoms with Gasteiger partial charge in [-0.15, -0.1) is 0 Å². The van der Waals surface area contributed by atoms with E-state index in [0.717, 1.165) is 29.2 Å². The van der Waals surface area contributed by atoms with E-state index in [2.05, 4.69) is 34.2 Å². The molecule has 108 valence electrons. The van der Waals surface area contributed by atoms with Crippen molar-refractivity contribution in [2.75, 3.05) is 0 Å². The third-order valence-electron chi connectivity index (χ3n) is 3.80. The third kappa shape index (κ3) is 2.47. The number of aliphatic imine (C=N–C) groups is 1. The predicted molar refractivity (Wildman–Crippen MR) is 93.7 cm³/mol. The largest absolute Gasteiger partial charge is 0.227 e. The van der Waals surface area contributed by atoms with Crippen molar-refractivity contribution in [1.29, 1.82) is 0 Å². The van der Waals surface area contributed by atoms with E-state index in [1.54, 1.807) is 17.6 Å². The van der Waals surface area contributed by atoms with Gasteiger partial charge in [0.05, 0.1) is 10.6 Å². The fourth-order valence-electron chi connectivity index (χ4n) is 2.69. The Bertz CT molecular complexity index is 867. The van der Waals surface area contributed by atoms with Crippen molar-refractivity contribution in [3.63, 3.8) is 0 Å². The molecule has 2 nitrogen and oxygen atoms in total. The van der Waals surface area contributed by atoms with Crippen LogP contribution in [0.15, 0.2) is 53.5 Å². The highest BCUT2D eigenvalue weighted by molar-refractivity contribution is 7.18. The van der Waals surface area contributed by atoms with E-state index >= 15 is 0 Å². The molecular weight excluding hydrogens is 312 g/mol. The molecule has 2 aromatic carbocycles. The summed E-state index contributed by atoms with van der Waals surface area (Å²) in [6.45, 7) is 0. The Morgan fingerprint density at radius 1 is 1.05 bits per heavy atom. The minimum atomic E-state index is 0.706. The minimum absolute atomic E-state index is 0.706. The second kappa shape index (κ2) is 5.67. The van der Waals surface area contributed by atoms with E-state index in [0.29, 0.717) is 5.02 Å². The highest BCUT2D eigenvalue weighted by atomic mass is 35.5. The van der Waals surface area contributed by atoms with E-state index in [1.807, 2.05) is 24.3 Å². The lowest BCUT2D eigenvalue weighted by Crippen LogP contribution is -2.01. The molecule has 0 unspecified atom stereocenters.